The highest BCUT2D eigenvalue weighted by Gasteiger charge is 2.55. The summed E-state index contributed by atoms with van der Waals surface area (Å²) in [5, 5.41) is 8.55. The highest BCUT2D eigenvalue weighted by atomic mass is 19.1. The van der Waals surface area contributed by atoms with E-state index < -0.39 is 17.5 Å². The number of imide groups is 1. The fraction of sp³-hybridized carbons (Fsp3) is 0.500. The van der Waals surface area contributed by atoms with Gasteiger partial charge in [0.05, 0.1) is 0 Å². The van der Waals surface area contributed by atoms with E-state index in [9.17, 15) is 18.8 Å². The van der Waals surface area contributed by atoms with E-state index in [4.69, 9.17) is 0 Å². The fourth-order valence-electron chi connectivity index (χ4n) is 3.79. The van der Waals surface area contributed by atoms with E-state index in [0.29, 0.717) is 0 Å². The minimum absolute atomic E-state index is 0.0556. The van der Waals surface area contributed by atoms with Gasteiger partial charge in [0.1, 0.15) is 17.9 Å². The van der Waals surface area contributed by atoms with Crippen LogP contribution in [0.2, 0.25) is 0 Å². The van der Waals surface area contributed by atoms with Gasteiger partial charge in [0.25, 0.3) is 5.91 Å². The van der Waals surface area contributed by atoms with Gasteiger partial charge in [0, 0.05) is 13.5 Å². The van der Waals surface area contributed by atoms with Gasteiger partial charge in [-0.1, -0.05) is 12.1 Å². The zero-order chi connectivity index (χ0) is 18.7. The molecule has 0 saturated carbocycles. The smallest absolute Gasteiger partial charge is 0.325 e. The highest BCUT2D eigenvalue weighted by Crippen LogP contribution is 2.35. The van der Waals surface area contributed by atoms with E-state index in [0.717, 1.165) is 36.4 Å². The van der Waals surface area contributed by atoms with Gasteiger partial charge < -0.3 is 16.0 Å². The van der Waals surface area contributed by atoms with Crippen LogP contribution in [0.4, 0.5) is 9.18 Å². The summed E-state index contributed by atoms with van der Waals surface area (Å²) in [5.74, 6) is -1.20. The number of hydrogen-bond donors (Lipinski definition) is 3. The third-order valence-electron chi connectivity index (χ3n) is 5.21. The SMILES string of the molecule is CNC(=O)CN1C(=O)NC(Cc2ccc(F)cc2)(C2CCNCC2)C1=O. The van der Waals surface area contributed by atoms with Gasteiger partial charge in [-0.25, -0.2) is 9.18 Å². The Balaban J connectivity index is 1.92. The van der Waals surface area contributed by atoms with E-state index in [2.05, 4.69) is 16.0 Å². The minimum atomic E-state index is -1.11. The molecule has 2 fully saturated rings. The van der Waals surface area contributed by atoms with Crippen molar-refractivity contribution in [2.45, 2.75) is 24.8 Å². The average molecular weight is 362 g/mol. The maximum absolute atomic E-state index is 13.2. The number of piperidine rings is 1. The molecule has 1 unspecified atom stereocenters. The largest absolute Gasteiger partial charge is 0.358 e. The quantitative estimate of drug-likeness (QED) is 0.662. The second kappa shape index (κ2) is 7.41. The Morgan fingerprint density at radius 3 is 2.54 bits per heavy atom. The Morgan fingerprint density at radius 2 is 1.92 bits per heavy atom. The Bertz CT molecular complexity index is 703. The van der Waals surface area contributed by atoms with Crippen LogP contribution in [0.1, 0.15) is 18.4 Å². The lowest BCUT2D eigenvalue weighted by atomic mass is 9.74. The van der Waals surface area contributed by atoms with Crippen LogP contribution < -0.4 is 16.0 Å². The fourth-order valence-corrected chi connectivity index (χ4v) is 3.79. The molecule has 8 heteroatoms. The third kappa shape index (κ3) is 3.41. The van der Waals surface area contributed by atoms with Crippen LogP contribution in [0.15, 0.2) is 24.3 Å². The number of carbonyl (C=O) groups is 3. The topological polar surface area (TPSA) is 90.5 Å². The monoisotopic (exact) mass is 362 g/mol. The van der Waals surface area contributed by atoms with Gasteiger partial charge in [0.15, 0.2) is 0 Å². The van der Waals surface area contributed by atoms with Gasteiger partial charge in [-0.05, 0) is 49.5 Å². The van der Waals surface area contributed by atoms with Crippen LogP contribution in [0.5, 0.6) is 0 Å². The second-order valence-corrected chi connectivity index (χ2v) is 6.79. The lowest BCUT2D eigenvalue weighted by Gasteiger charge is -2.38. The van der Waals surface area contributed by atoms with Crippen molar-refractivity contribution < 1.29 is 18.8 Å². The number of likely N-dealkylation sites (N-methyl/N-ethyl adjacent to an activating group) is 1. The van der Waals surface area contributed by atoms with Crippen LogP contribution in [0.3, 0.4) is 0 Å². The number of nitrogens with one attached hydrogen (secondary N) is 3. The number of amides is 4. The molecule has 1 aromatic carbocycles. The number of rotatable bonds is 5. The maximum Gasteiger partial charge on any atom is 0.325 e. The summed E-state index contributed by atoms with van der Waals surface area (Å²) < 4.78 is 13.2. The van der Waals surface area contributed by atoms with E-state index in [1.807, 2.05) is 0 Å². The predicted octanol–water partition coefficient (Wildman–Crippen LogP) is 0.404. The molecule has 2 heterocycles. The van der Waals surface area contributed by atoms with Gasteiger partial charge >= 0.3 is 6.03 Å². The number of hydrogen-bond acceptors (Lipinski definition) is 4. The van der Waals surface area contributed by atoms with E-state index >= 15 is 0 Å². The van der Waals surface area contributed by atoms with Gasteiger partial charge in [-0.3, -0.25) is 14.5 Å². The molecule has 0 aliphatic carbocycles. The molecule has 2 aliphatic heterocycles. The van der Waals surface area contributed by atoms with Crippen molar-refractivity contribution in [2.24, 2.45) is 5.92 Å². The highest BCUT2D eigenvalue weighted by molar-refractivity contribution is 6.09. The van der Waals surface area contributed by atoms with Gasteiger partial charge in [0.2, 0.25) is 5.91 Å². The molecule has 140 valence electrons. The molecule has 1 atom stereocenters. The molecule has 1 aromatic rings. The number of urea groups is 1. The summed E-state index contributed by atoms with van der Waals surface area (Å²) in [5.41, 5.74) is -0.342. The normalized spacial score (nSPS) is 23.8. The number of carbonyl (C=O) groups excluding carboxylic acids is 3. The van der Waals surface area contributed by atoms with Crippen molar-refractivity contribution in [1.82, 2.24) is 20.9 Å². The van der Waals surface area contributed by atoms with Crippen LogP contribution in [0.25, 0.3) is 0 Å². The molecule has 26 heavy (non-hydrogen) atoms. The first-order chi connectivity index (χ1) is 12.5. The number of benzene rings is 1. The van der Waals surface area contributed by atoms with Crippen LogP contribution in [-0.2, 0) is 16.0 Å². The summed E-state index contributed by atoms with van der Waals surface area (Å²) in [6.45, 7) is 1.21. The second-order valence-electron chi connectivity index (χ2n) is 6.79. The maximum atomic E-state index is 13.2. The molecule has 3 rings (SSSR count). The molecule has 0 aromatic heterocycles. The zero-order valence-corrected chi connectivity index (χ0v) is 14.7. The molecule has 0 bridgehead atoms. The molecular formula is C18H23FN4O3. The lowest BCUT2D eigenvalue weighted by molar-refractivity contribution is -0.136. The number of halogens is 1. The Kier molecular flexibility index (Phi) is 5.22. The Hall–Kier alpha value is -2.48. The van der Waals surface area contributed by atoms with E-state index in [1.165, 1.54) is 19.2 Å². The average Bonchev–Trinajstić information content (AvgIpc) is 2.89. The van der Waals surface area contributed by atoms with Gasteiger partial charge in [-0.2, -0.15) is 0 Å². The Labute approximate surface area is 151 Å². The van der Waals surface area contributed by atoms with Crippen molar-refractivity contribution in [3.8, 4) is 0 Å². The van der Waals surface area contributed by atoms with Crippen molar-refractivity contribution in [2.75, 3.05) is 26.7 Å². The first-order valence-electron chi connectivity index (χ1n) is 8.76. The summed E-state index contributed by atoms with van der Waals surface area (Å²) >= 11 is 0. The lowest BCUT2D eigenvalue weighted by Crippen LogP contribution is -2.57. The first-order valence-corrected chi connectivity index (χ1v) is 8.76. The predicted molar refractivity (Wildman–Crippen MR) is 92.7 cm³/mol. The molecule has 0 spiro atoms. The molecule has 4 amide bonds. The van der Waals surface area contributed by atoms with Crippen molar-refractivity contribution in [3.05, 3.63) is 35.6 Å². The van der Waals surface area contributed by atoms with Gasteiger partial charge in [-0.15, -0.1) is 0 Å². The molecule has 7 nitrogen and oxygen atoms in total. The zero-order valence-electron chi connectivity index (χ0n) is 14.7. The summed E-state index contributed by atoms with van der Waals surface area (Å²) in [4.78, 5) is 38.4. The van der Waals surface area contributed by atoms with E-state index in [-0.39, 0.29) is 30.6 Å². The van der Waals surface area contributed by atoms with Crippen molar-refractivity contribution >= 4 is 17.8 Å². The summed E-state index contributed by atoms with van der Waals surface area (Å²) in [7, 11) is 1.46. The Morgan fingerprint density at radius 1 is 1.27 bits per heavy atom. The first kappa shape index (κ1) is 18.3. The standard InChI is InChI=1S/C18H23FN4O3/c1-20-15(24)11-23-16(25)18(22-17(23)26,13-6-8-21-9-7-13)10-12-2-4-14(19)5-3-12/h2-5,13,21H,6-11H2,1H3,(H,20,24)(H,22,26). The van der Waals surface area contributed by atoms with Crippen molar-refractivity contribution in [3.63, 3.8) is 0 Å². The van der Waals surface area contributed by atoms with Crippen molar-refractivity contribution in [1.29, 1.82) is 0 Å². The molecular weight excluding hydrogens is 339 g/mol. The molecule has 3 N–H and O–H groups in total. The summed E-state index contributed by atoms with van der Waals surface area (Å²) in [6.07, 6.45) is 1.74. The molecule has 2 saturated heterocycles. The third-order valence-corrected chi connectivity index (χ3v) is 5.21. The molecule has 2 aliphatic rings. The number of nitrogens with zero attached hydrogens (tertiary/aromatic N) is 1. The van der Waals surface area contributed by atoms with Crippen LogP contribution in [-0.4, -0.2) is 55.0 Å². The molecule has 0 radical (unpaired) electrons. The van der Waals surface area contributed by atoms with E-state index in [1.54, 1.807) is 12.1 Å². The van der Waals surface area contributed by atoms with Crippen LogP contribution >= 0.6 is 0 Å². The minimum Gasteiger partial charge on any atom is -0.358 e. The van der Waals surface area contributed by atoms with Crippen LogP contribution in [0, 0.1) is 11.7 Å². The summed E-state index contributed by atoms with van der Waals surface area (Å²) in [6, 6.07) is 5.38.